The number of halogens is 1. The minimum Gasteiger partial charge on any atom is -0.467 e. The summed E-state index contributed by atoms with van der Waals surface area (Å²) in [5.41, 5.74) is 2.41. The van der Waals surface area contributed by atoms with Gasteiger partial charge < -0.3 is 14.8 Å². The fourth-order valence-electron chi connectivity index (χ4n) is 2.37. The van der Waals surface area contributed by atoms with Gasteiger partial charge in [0, 0.05) is 42.8 Å². The number of nitrogens with zero attached hydrogens (tertiary/aromatic N) is 1. The molecule has 1 N–H and O–H groups in total. The third-order valence-electron chi connectivity index (χ3n) is 3.39. The van der Waals surface area contributed by atoms with Crippen molar-refractivity contribution in [2.24, 2.45) is 0 Å². The van der Waals surface area contributed by atoms with Gasteiger partial charge in [0.1, 0.15) is 5.75 Å². The van der Waals surface area contributed by atoms with Crippen LogP contribution in [0.4, 0.5) is 0 Å². The normalized spacial score (nSPS) is 20.3. The predicted molar refractivity (Wildman–Crippen MR) is 72.6 cm³/mol. The molecule has 1 fully saturated rings. The third-order valence-corrected chi connectivity index (χ3v) is 4.13. The zero-order valence-electron chi connectivity index (χ0n) is 10.2. The van der Waals surface area contributed by atoms with Gasteiger partial charge in [0.15, 0.2) is 6.79 Å². The monoisotopic (exact) mass is 312 g/mol. The molecule has 0 saturated carbocycles. The molecular weight excluding hydrogens is 296 g/mol. The van der Waals surface area contributed by atoms with E-state index in [1.54, 1.807) is 0 Å². The summed E-state index contributed by atoms with van der Waals surface area (Å²) in [6, 6.07) is 4.26. The van der Waals surface area contributed by atoms with Crippen molar-refractivity contribution < 1.29 is 9.47 Å². The molecule has 3 rings (SSSR count). The molecule has 18 heavy (non-hydrogen) atoms. The van der Waals surface area contributed by atoms with Crippen molar-refractivity contribution in [3.63, 3.8) is 0 Å². The van der Waals surface area contributed by atoms with E-state index < -0.39 is 0 Å². The lowest BCUT2D eigenvalue weighted by Gasteiger charge is -2.28. The first-order chi connectivity index (χ1) is 8.83. The molecule has 0 spiro atoms. The summed E-state index contributed by atoms with van der Waals surface area (Å²) >= 11 is 3.65. The van der Waals surface area contributed by atoms with Gasteiger partial charge in [0.2, 0.25) is 0 Å². The van der Waals surface area contributed by atoms with Crippen LogP contribution in [0.15, 0.2) is 16.6 Å². The largest absolute Gasteiger partial charge is 0.467 e. The average molecular weight is 313 g/mol. The Balaban J connectivity index is 1.78. The van der Waals surface area contributed by atoms with E-state index in [2.05, 4.69) is 38.3 Å². The van der Waals surface area contributed by atoms with Crippen LogP contribution in [0, 0.1) is 0 Å². The summed E-state index contributed by atoms with van der Waals surface area (Å²) in [5, 5.41) is 3.37. The maximum Gasteiger partial charge on any atom is 0.189 e. The number of hydrogen-bond donors (Lipinski definition) is 1. The molecule has 0 aromatic heterocycles. The number of hydrogen-bond acceptors (Lipinski definition) is 4. The number of piperazine rings is 1. The summed E-state index contributed by atoms with van der Waals surface area (Å²) in [4.78, 5) is 2.46. The summed E-state index contributed by atoms with van der Waals surface area (Å²) in [5.74, 6) is 0.967. The van der Waals surface area contributed by atoms with Crippen molar-refractivity contribution in [3.8, 4) is 5.75 Å². The molecule has 98 valence electrons. The van der Waals surface area contributed by atoms with Gasteiger partial charge in [-0.05, 0) is 17.7 Å². The number of fused-ring (bicyclic) bond motifs is 1. The van der Waals surface area contributed by atoms with Gasteiger partial charge in [-0.2, -0.15) is 0 Å². The van der Waals surface area contributed by atoms with Gasteiger partial charge in [-0.25, -0.2) is 0 Å². The van der Waals surface area contributed by atoms with Crippen LogP contribution in [0.25, 0.3) is 0 Å². The highest BCUT2D eigenvalue weighted by Gasteiger charge is 2.16. The Morgan fingerprint density at radius 1 is 1.28 bits per heavy atom. The van der Waals surface area contributed by atoms with E-state index in [-0.39, 0.29) is 0 Å². The van der Waals surface area contributed by atoms with E-state index in [0.29, 0.717) is 13.4 Å². The van der Waals surface area contributed by atoms with Crippen molar-refractivity contribution in [2.75, 3.05) is 33.0 Å². The van der Waals surface area contributed by atoms with Crippen molar-refractivity contribution in [1.29, 1.82) is 0 Å². The molecule has 0 unspecified atom stereocenters. The van der Waals surface area contributed by atoms with Crippen molar-refractivity contribution in [3.05, 3.63) is 27.7 Å². The molecule has 1 saturated heterocycles. The number of ether oxygens (including phenoxy) is 2. The Bertz CT molecular complexity index is 433. The highest BCUT2D eigenvalue weighted by atomic mass is 79.9. The second kappa shape index (κ2) is 5.57. The van der Waals surface area contributed by atoms with Crippen LogP contribution in [0.5, 0.6) is 5.75 Å². The first kappa shape index (κ1) is 12.4. The standard InChI is InChI=1S/C13H17BrN2O2/c14-12-5-11-8-17-9-18-13(11)6-10(12)7-16-3-1-15-2-4-16/h5-6,15H,1-4,7-9H2. The van der Waals surface area contributed by atoms with Crippen molar-refractivity contribution in [1.82, 2.24) is 10.2 Å². The first-order valence-electron chi connectivity index (χ1n) is 6.28. The molecule has 2 aliphatic rings. The quantitative estimate of drug-likeness (QED) is 0.901. The Morgan fingerprint density at radius 3 is 2.94 bits per heavy atom. The molecule has 1 aromatic carbocycles. The summed E-state index contributed by atoms with van der Waals surface area (Å²) < 4.78 is 12.0. The first-order valence-corrected chi connectivity index (χ1v) is 7.07. The number of benzene rings is 1. The number of rotatable bonds is 2. The molecule has 0 bridgehead atoms. The summed E-state index contributed by atoms with van der Waals surface area (Å²) in [6.07, 6.45) is 0. The molecule has 0 aliphatic carbocycles. The van der Waals surface area contributed by atoms with Crippen LogP contribution in [0.2, 0.25) is 0 Å². The molecular formula is C13H17BrN2O2. The predicted octanol–water partition coefficient (Wildman–Crippen LogP) is 1.72. The van der Waals surface area contributed by atoms with E-state index in [1.807, 2.05) is 0 Å². The van der Waals surface area contributed by atoms with E-state index in [0.717, 1.165) is 48.5 Å². The lowest BCUT2D eigenvalue weighted by atomic mass is 10.1. The van der Waals surface area contributed by atoms with E-state index in [1.165, 1.54) is 5.56 Å². The molecule has 5 heteroatoms. The fourth-order valence-corrected chi connectivity index (χ4v) is 2.89. The Labute approximate surface area is 115 Å². The van der Waals surface area contributed by atoms with Gasteiger partial charge in [-0.3, -0.25) is 4.90 Å². The minimum absolute atomic E-state index is 0.363. The minimum atomic E-state index is 0.363. The SMILES string of the molecule is Brc1cc2c(cc1CN1CCNCC1)OCOC2. The van der Waals surface area contributed by atoms with Gasteiger partial charge in [0.05, 0.1) is 6.61 Å². The van der Waals surface area contributed by atoms with E-state index in [4.69, 9.17) is 9.47 Å². The summed E-state index contributed by atoms with van der Waals surface area (Å²) in [7, 11) is 0. The van der Waals surface area contributed by atoms with Gasteiger partial charge in [0.25, 0.3) is 0 Å². The zero-order valence-corrected chi connectivity index (χ0v) is 11.8. The second-order valence-corrected chi connectivity index (χ2v) is 5.54. The van der Waals surface area contributed by atoms with Gasteiger partial charge in [-0.1, -0.05) is 15.9 Å². The molecule has 0 amide bonds. The molecule has 2 heterocycles. The van der Waals surface area contributed by atoms with Gasteiger partial charge in [-0.15, -0.1) is 0 Å². The Morgan fingerprint density at radius 2 is 2.11 bits per heavy atom. The molecule has 1 aromatic rings. The maximum absolute atomic E-state index is 5.53. The van der Waals surface area contributed by atoms with E-state index in [9.17, 15) is 0 Å². The Kier molecular flexibility index (Phi) is 3.84. The topological polar surface area (TPSA) is 33.7 Å². The Hall–Kier alpha value is -0.620. The smallest absolute Gasteiger partial charge is 0.189 e. The second-order valence-electron chi connectivity index (χ2n) is 4.69. The van der Waals surface area contributed by atoms with Crippen LogP contribution in [-0.2, 0) is 17.9 Å². The maximum atomic E-state index is 5.53. The van der Waals surface area contributed by atoms with E-state index >= 15 is 0 Å². The highest BCUT2D eigenvalue weighted by molar-refractivity contribution is 9.10. The molecule has 0 radical (unpaired) electrons. The number of nitrogens with one attached hydrogen (secondary N) is 1. The molecule has 2 aliphatic heterocycles. The lowest BCUT2D eigenvalue weighted by Crippen LogP contribution is -2.42. The van der Waals surface area contributed by atoms with Crippen molar-refractivity contribution in [2.45, 2.75) is 13.2 Å². The van der Waals surface area contributed by atoms with Gasteiger partial charge >= 0.3 is 0 Å². The van der Waals surface area contributed by atoms with Crippen LogP contribution in [-0.4, -0.2) is 37.9 Å². The fraction of sp³-hybridized carbons (Fsp3) is 0.538. The average Bonchev–Trinajstić information content (AvgIpc) is 2.41. The summed E-state index contributed by atoms with van der Waals surface area (Å²) in [6.45, 7) is 6.34. The lowest BCUT2D eigenvalue weighted by molar-refractivity contribution is -0.0165. The highest BCUT2D eigenvalue weighted by Crippen LogP contribution is 2.31. The third kappa shape index (κ3) is 2.69. The van der Waals surface area contributed by atoms with Crippen LogP contribution < -0.4 is 10.1 Å². The molecule has 4 nitrogen and oxygen atoms in total. The van der Waals surface area contributed by atoms with Crippen molar-refractivity contribution >= 4 is 15.9 Å². The zero-order chi connectivity index (χ0) is 12.4. The van der Waals surface area contributed by atoms with Crippen LogP contribution in [0.1, 0.15) is 11.1 Å². The van der Waals surface area contributed by atoms with Crippen LogP contribution in [0.3, 0.4) is 0 Å². The van der Waals surface area contributed by atoms with Crippen LogP contribution >= 0.6 is 15.9 Å². The molecule has 0 atom stereocenters.